The zero-order valence-corrected chi connectivity index (χ0v) is 27.7. The molecule has 2 aliphatic heterocycles. The number of aliphatic hydroxyl groups is 2. The normalized spacial score (nSPS) is 35.1. The van der Waals surface area contributed by atoms with Gasteiger partial charge < -0.3 is 39.4 Å². The molecule has 4 N–H and O–H groups in total. The molecule has 2 fully saturated rings. The van der Waals surface area contributed by atoms with E-state index in [-0.39, 0.29) is 11.1 Å². The molecule has 2 heterocycles. The lowest BCUT2D eigenvalue weighted by Crippen LogP contribution is -2.79. The summed E-state index contributed by atoms with van der Waals surface area (Å²) in [6.07, 6.45) is -7.60. The zero-order chi connectivity index (χ0) is 35.8. The molecule has 8 atom stereocenters. The number of phenols is 2. The first-order valence-corrected chi connectivity index (χ1v) is 16.3. The highest BCUT2D eigenvalue weighted by atomic mass is 32.2. The molecule has 49 heavy (non-hydrogen) atoms. The molecule has 0 saturated carbocycles. The number of esters is 2. The van der Waals surface area contributed by atoms with Crippen molar-refractivity contribution in [3.63, 3.8) is 0 Å². The van der Waals surface area contributed by atoms with Gasteiger partial charge in [-0.25, -0.2) is 0 Å². The van der Waals surface area contributed by atoms with E-state index in [0.717, 1.165) is 26.4 Å². The summed E-state index contributed by atoms with van der Waals surface area (Å²) in [5, 5.41) is 46.8. The van der Waals surface area contributed by atoms with Crippen LogP contribution in [-0.4, -0.2) is 115 Å². The van der Waals surface area contributed by atoms with Crippen molar-refractivity contribution >= 4 is 46.8 Å². The first-order chi connectivity index (χ1) is 23.0. The van der Waals surface area contributed by atoms with E-state index in [4.69, 9.17) is 18.9 Å². The lowest BCUT2D eigenvalue weighted by Gasteiger charge is -2.61. The summed E-state index contributed by atoms with van der Waals surface area (Å²) in [6.45, 7) is 2.57. The maximum absolute atomic E-state index is 15.0. The summed E-state index contributed by atoms with van der Waals surface area (Å²) in [7, 11) is 2.26. The SMILES string of the molecule is COC(=O)C[C@H]1C[C@]2(S[C@@]34C[C@H](CC(=O)OC)O[C@@H](C)[C@@]3(O)C(=O)c3c(O)cccc3C4=O)C(=O)c3cccc(O)c3C(=O)[C@]2(O)[C@H](C)O1. The van der Waals surface area contributed by atoms with Crippen molar-refractivity contribution in [2.24, 2.45) is 0 Å². The highest BCUT2D eigenvalue weighted by Gasteiger charge is 2.78. The number of aromatic hydroxyl groups is 2. The Labute approximate surface area is 283 Å². The second kappa shape index (κ2) is 11.7. The molecule has 14 nitrogen and oxygen atoms in total. The molecule has 15 heteroatoms. The second-order valence-electron chi connectivity index (χ2n) is 12.8. The predicted octanol–water partition coefficient (Wildman–Crippen LogP) is 1.71. The summed E-state index contributed by atoms with van der Waals surface area (Å²) in [5.74, 6) is -6.87. The fourth-order valence-electron chi connectivity index (χ4n) is 7.91. The van der Waals surface area contributed by atoms with Gasteiger partial charge in [-0.1, -0.05) is 24.3 Å². The Balaban J connectivity index is 1.66. The molecule has 0 aromatic heterocycles. The third-order valence-corrected chi connectivity index (χ3v) is 12.3. The van der Waals surface area contributed by atoms with Gasteiger partial charge in [-0.3, -0.25) is 28.8 Å². The minimum atomic E-state index is -2.86. The number of thioether (sulfide) groups is 1. The van der Waals surface area contributed by atoms with Gasteiger partial charge in [0.15, 0.2) is 22.8 Å². The van der Waals surface area contributed by atoms with Gasteiger partial charge >= 0.3 is 11.9 Å². The van der Waals surface area contributed by atoms with Crippen LogP contribution in [0.1, 0.15) is 81.0 Å². The highest BCUT2D eigenvalue weighted by Crippen LogP contribution is 2.64. The largest absolute Gasteiger partial charge is 0.507 e. The number of hydrogen-bond acceptors (Lipinski definition) is 15. The molecular formula is C34H34O14S. The van der Waals surface area contributed by atoms with E-state index in [1.807, 2.05) is 0 Å². The number of fused-ring (bicyclic) bond motifs is 4. The Morgan fingerprint density at radius 2 is 1.08 bits per heavy atom. The summed E-state index contributed by atoms with van der Waals surface area (Å²) in [6, 6.07) is 7.44. The van der Waals surface area contributed by atoms with Crippen LogP contribution >= 0.6 is 11.8 Å². The average molecular weight is 699 g/mol. The van der Waals surface area contributed by atoms with Gasteiger partial charge in [0.2, 0.25) is 11.6 Å². The van der Waals surface area contributed by atoms with E-state index in [9.17, 15) is 39.6 Å². The molecule has 2 aromatic carbocycles. The molecule has 260 valence electrons. The minimum absolute atomic E-state index is 0.313. The lowest BCUT2D eigenvalue weighted by atomic mass is 9.63. The highest BCUT2D eigenvalue weighted by molar-refractivity contribution is 8.03. The van der Waals surface area contributed by atoms with Crippen molar-refractivity contribution in [3.8, 4) is 11.5 Å². The first kappa shape index (κ1) is 34.7. The van der Waals surface area contributed by atoms with E-state index in [1.54, 1.807) is 0 Å². The summed E-state index contributed by atoms with van der Waals surface area (Å²) in [5.41, 5.74) is -7.33. The van der Waals surface area contributed by atoms with Gasteiger partial charge in [0.25, 0.3) is 0 Å². The standard InChI is InChI=1S/C34H34O14S/c1-15-33(43)29(41)25-19(7-5-9-21(25)35)27(39)31(33,13-17(47-15)11-23(37)45-3)49-32-14-18(12-24(38)46-4)48-16(2)34(32,44)30(42)26-20(28(32)40)8-6-10-22(26)36/h5-10,15-18,35-36,43-44H,11-14H2,1-4H3/t15-,16-,17-,18-,31-,32+,33+,34+/m0/s1. The molecule has 2 aliphatic carbocycles. The first-order valence-electron chi connectivity index (χ1n) is 15.5. The fraction of sp³-hybridized carbons (Fsp3) is 0.471. The van der Waals surface area contributed by atoms with Gasteiger partial charge in [-0.2, -0.15) is 0 Å². The Morgan fingerprint density at radius 1 is 0.714 bits per heavy atom. The molecule has 4 aliphatic rings. The van der Waals surface area contributed by atoms with Crippen molar-refractivity contribution in [2.75, 3.05) is 14.2 Å². The van der Waals surface area contributed by atoms with Crippen molar-refractivity contribution in [1.29, 1.82) is 0 Å². The number of rotatable bonds is 6. The van der Waals surface area contributed by atoms with Crippen LogP contribution in [0.2, 0.25) is 0 Å². The quantitative estimate of drug-likeness (QED) is 0.316. The van der Waals surface area contributed by atoms with Crippen LogP contribution in [0.4, 0.5) is 0 Å². The number of benzene rings is 2. The number of ketones is 4. The van der Waals surface area contributed by atoms with Crippen LogP contribution in [-0.2, 0) is 28.5 Å². The van der Waals surface area contributed by atoms with Gasteiger partial charge in [0.1, 0.15) is 21.0 Å². The molecular weight excluding hydrogens is 664 g/mol. The number of hydrogen-bond donors (Lipinski definition) is 4. The Kier molecular flexibility index (Phi) is 8.31. The topological polar surface area (TPSA) is 220 Å². The van der Waals surface area contributed by atoms with Gasteiger partial charge in [0.05, 0.1) is 62.6 Å². The predicted molar refractivity (Wildman–Crippen MR) is 168 cm³/mol. The third-order valence-electron chi connectivity index (χ3n) is 10.3. The summed E-state index contributed by atoms with van der Waals surface area (Å²) in [4.78, 5) is 83.9. The molecule has 0 bridgehead atoms. The van der Waals surface area contributed by atoms with Crippen LogP contribution in [0.5, 0.6) is 11.5 Å². The number of carbonyl (C=O) groups excluding carboxylic acids is 6. The smallest absolute Gasteiger partial charge is 0.308 e. The Morgan fingerprint density at radius 3 is 1.43 bits per heavy atom. The van der Waals surface area contributed by atoms with Gasteiger partial charge in [0, 0.05) is 11.1 Å². The summed E-state index contributed by atoms with van der Waals surface area (Å²) >= 11 is 0.381. The van der Waals surface area contributed by atoms with Crippen LogP contribution in [0, 0.1) is 0 Å². The van der Waals surface area contributed by atoms with Crippen molar-refractivity contribution in [2.45, 2.75) is 84.6 Å². The zero-order valence-electron chi connectivity index (χ0n) is 26.9. The molecule has 0 radical (unpaired) electrons. The van der Waals surface area contributed by atoms with E-state index < -0.39 is 128 Å². The van der Waals surface area contributed by atoms with Crippen molar-refractivity contribution in [3.05, 3.63) is 58.7 Å². The Hall–Kier alpha value is -4.15. The number of carbonyl (C=O) groups is 6. The van der Waals surface area contributed by atoms with Crippen LogP contribution in [0.15, 0.2) is 36.4 Å². The number of Topliss-reactive ketones (excluding diaryl/α,β-unsaturated/α-hetero) is 4. The molecule has 0 unspecified atom stereocenters. The second-order valence-corrected chi connectivity index (χ2v) is 14.4. The monoisotopic (exact) mass is 698 g/mol. The maximum Gasteiger partial charge on any atom is 0.308 e. The Bertz CT molecular complexity index is 1690. The molecule has 6 rings (SSSR count). The number of phenolic OH excluding ortho intramolecular Hbond substituents is 2. The molecule has 2 aromatic rings. The molecule has 0 amide bonds. The van der Waals surface area contributed by atoms with Gasteiger partial charge in [-0.15, -0.1) is 11.8 Å². The number of methoxy groups -OCH3 is 2. The molecule has 0 spiro atoms. The van der Waals surface area contributed by atoms with E-state index >= 15 is 9.59 Å². The van der Waals surface area contributed by atoms with E-state index in [1.165, 1.54) is 38.1 Å². The fourth-order valence-corrected chi connectivity index (χ4v) is 10.3. The van der Waals surface area contributed by atoms with Gasteiger partial charge in [-0.05, 0) is 38.8 Å². The van der Waals surface area contributed by atoms with E-state index in [0.29, 0.717) is 11.8 Å². The third kappa shape index (κ3) is 4.55. The molecule has 2 saturated heterocycles. The van der Waals surface area contributed by atoms with Crippen molar-refractivity contribution < 1.29 is 68.1 Å². The van der Waals surface area contributed by atoms with E-state index in [2.05, 4.69) is 0 Å². The summed E-state index contributed by atoms with van der Waals surface area (Å²) < 4.78 is 16.6. The maximum atomic E-state index is 15.0. The number of ether oxygens (including phenoxy) is 4. The lowest BCUT2D eigenvalue weighted by molar-refractivity contribution is -0.173. The van der Waals surface area contributed by atoms with Crippen LogP contribution in [0.3, 0.4) is 0 Å². The average Bonchev–Trinajstić information content (AvgIpc) is 3.06. The van der Waals surface area contributed by atoms with Crippen LogP contribution < -0.4 is 0 Å². The van der Waals surface area contributed by atoms with Crippen molar-refractivity contribution in [1.82, 2.24) is 0 Å². The van der Waals surface area contributed by atoms with Crippen LogP contribution in [0.25, 0.3) is 0 Å². The minimum Gasteiger partial charge on any atom is -0.507 e.